The third kappa shape index (κ3) is 1.01. The summed E-state index contributed by atoms with van der Waals surface area (Å²) in [7, 11) is 0. The molecule has 0 amide bonds. The lowest BCUT2D eigenvalue weighted by Gasteiger charge is -2.26. The summed E-state index contributed by atoms with van der Waals surface area (Å²) in [5.74, 6) is 0.955. The summed E-state index contributed by atoms with van der Waals surface area (Å²) in [4.78, 5) is 22.9. The zero-order valence-corrected chi connectivity index (χ0v) is 9.48. The van der Waals surface area contributed by atoms with E-state index in [1.165, 1.54) is 0 Å². The van der Waals surface area contributed by atoms with Crippen LogP contribution >= 0.6 is 0 Å². The first-order valence-corrected chi connectivity index (χ1v) is 6.31. The van der Waals surface area contributed by atoms with Crippen molar-refractivity contribution in [3.8, 4) is 0 Å². The topological polar surface area (TPSA) is 54.4 Å². The zero-order valence-electron chi connectivity index (χ0n) is 9.48. The second-order valence-electron chi connectivity index (χ2n) is 5.87. The van der Waals surface area contributed by atoms with E-state index in [9.17, 15) is 14.7 Å². The molecule has 0 aromatic carbocycles. The molecule has 88 valence electrons. The van der Waals surface area contributed by atoms with Crippen molar-refractivity contribution >= 4 is 11.6 Å². The highest BCUT2D eigenvalue weighted by Crippen LogP contribution is 2.61. The van der Waals surface area contributed by atoms with Gasteiger partial charge in [-0.2, -0.15) is 0 Å². The molecule has 4 rings (SSSR count). The third-order valence-electron chi connectivity index (χ3n) is 5.02. The molecule has 4 aliphatic carbocycles. The highest BCUT2D eigenvalue weighted by Gasteiger charge is 2.61. The van der Waals surface area contributed by atoms with Gasteiger partial charge < -0.3 is 5.11 Å². The molecule has 0 heterocycles. The summed E-state index contributed by atoms with van der Waals surface area (Å²) >= 11 is 0. The number of carbonyl (C=O) groups excluding carboxylic acids is 2. The van der Waals surface area contributed by atoms with E-state index in [4.69, 9.17) is 0 Å². The van der Waals surface area contributed by atoms with Gasteiger partial charge in [-0.3, -0.25) is 9.59 Å². The van der Waals surface area contributed by atoms with Crippen molar-refractivity contribution in [1.29, 1.82) is 0 Å². The molecule has 0 spiro atoms. The number of aliphatic hydroxyl groups is 1. The van der Waals surface area contributed by atoms with Gasteiger partial charge in [-0.05, 0) is 53.9 Å². The van der Waals surface area contributed by atoms with Gasteiger partial charge in [0.25, 0.3) is 0 Å². The maximum atomic E-state index is 11.5. The molecule has 0 aromatic rings. The molecule has 0 saturated heterocycles. The van der Waals surface area contributed by atoms with Gasteiger partial charge in [-0.1, -0.05) is 0 Å². The minimum atomic E-state index is -0.951. The Kier molecular flexibility index (Phi) is 1.60. The predicted octanol–water partition coefficient (Wildman–Crippen LogP) is 1.17. The molecule has 0 bridgehead atoms. The van der Waals surface area contributed by atoms with Gasteiger partial charge >= 0.3 is 0 Å². The van der Waals surface area contributed by atoms with Gasteiger partial charge in [0.2, 0.25) is 0 Å². The van der Waals surface area contributed by atoms with Gasteiger partial charge in [0.1, 0.15) is 5.60 Å². The highest BCUT2D eigenvalue weighted by atomic mass is 16.3. The molecule has 3 nitrogen and oxygen atoms in total. The Hall–Kier alpha value is -1.22. The Bertz CT molecular complexity index is 470. The molecule has 3 heteroatoms. The normalized spacial score (nSPS) is 46.8. The van der Waals surface area contributed by atoms with Crippen molar-refractivity contribution in [2.75, 3.05) is 0 Å². The van der Waals surface area contributed by atoms with Gasteiger partial charge in [-0.25, -0.2) is 0 Å². The summed E-state index contributed by atoms with van der Waals surface area (Å²) in [6.45, 7) is 0. The van der Waals surface area contributed by atoms with Crippen molar-refractivity contribution in [3.05, 3.63) is 23.3 Å². The molecule has 1 N–H and O–H groups in total. The first kappa shape index (κ1) is 9.77. The van der Waals surface area contributed by atoms with Crippen LogP contribution in [0.4, 0.5) is 0 Å². The number of fused-ring (bicyclic) bond motifs is 5. The van der Waals surface area contributed by atoms with Crippen LogP contribution in [0.1, 0.15) is 25.7 Å². The molecule has 2 atom stereocenters. The Balaban J connectivity index is 1.87. The molecule has 2 unspecified atom stereocenters. The maximum Gasteiger partial charge on any atom is 0.156 e. The smallest absolute Gasteiger partial charge is 0.156 e. The summed E-state index contributed by atoms with van der Waals surface area (Å²) in [6.07, 6.45) is 6.21. The van der Waals surface area contributed by atoms with Crippen molar-refractivity contribution < 1.29 is 14.7 Å². The van der Waals surface area contributed by atoms with Crippen LogP contribution in [0.15, 0.2) is 23.3 Å². The van der Waals surface area contributed by atoms with Crippen LogP contribution in [0, 0.1) is 17.8 Å². The van der Waals surface area contributed by atoms with E-state index in [0.717, 1.165) is 24.0 Å². The SMILES string of the molecule is O=C1C=C2C(C1)CC1CC3CC(=O)C=C3C21O. The minimum Gasteiger partial charge on any atom is -0.381 e. The lowest BCUT2D eigenvalue weighted by Crippen LogP contribution is -2.32. The Morgan fingerprint density at radius 2 is 1.47 bits per heavy atom. The monoisotopic (exact) mass is 230 g/mol. The Labute approximate surface area is 99.2 Å². The zero-order chi connectivity index (χ0) is 11.8. The van der Waals surface area contributed by atoms with Gasteiger partial charge in [0.05, 0.1) is 0 Å². The number of carbonyl (C=O) groups is 2. The van der Waals surface area contributed by atoms with E-state index in [2.05, 4.69) is 0 Å². The summed E-state index contributed by atoms with van der Waals surface area (Å²) in [5.41, 5.74) is 0.847. The summed E-state index contributed by atoms with van der Waals surface area (Å²) < 4.78 is 0. The minimum absolute atomic E-state index is 0.130. The lowest BCUT2D eigenvalue weighted by atomic mass is 9.86. The van der Waals surface area contributed by atoms with Crippen LogP contribution < -0.4 is 0 Å². The maximum absolute atomic E-state index is 11.5. The largest absolute Gasteiger partial charge is 0.381 e. The highest BCUT2D eigenvalue weighted by molar-refractivity contribution is 5.97. The lowest BCUT2D eigenvalue weighted by molar-refractivity contribution is -0.115. The van der Waals surface area contributed by atoms with Crippen molar-refractivity contribution in [2.45, 2.75) is 31.3 Å². The van der Waals surface area contributed by atoms with E-state index in [-0.39, 0.29) is 29.3 Å². The molecule has 0 aromatic heterocycles. The number of hydrogen-bond acceptors (Lipinski definition) is 3. The van der Waals surface area contributed by atoms with Crippen LogP contribution in [0.25, 0.3) is 0 Å². The molecular weight excluding hydrogens is 216 g/mol. The average molecular weight is 230 g/mol. The number of ketones is 2. The molecular formula is C14H14O3. The van der Waals surface area contributed by atoms with E-state index in [1.54, 1.807) is 12.2 Å². The average Bonchev–Trinajstić information content (AvgIpc) is 2.89. The van der Waals surface area contributed by atoms with Crippen LogP contribution in [0.3, 0.4) is 0 Å². The fourth-order valence-electron chi connectivity index (χ4n) is 4.43. The number of rotatable bonds is 0. The second kappa shape index (κ2) is 2.78. The number of allylic oxidation sites excluding steroid dienone is 2. The van der Waals surface area contributed by atoms with E-state index >= 15 is 0 Å². The van der Waals surface area contributed by atoms with E-state index in [0.29, 0.717) is 12.8 Å². The Morgan fingerprint density at radius 3 is 1.94 bits per heavy atom. The van der Waals surface area contributed by atoms with E-state index < -0.39 is 5.60 Å². The number of hydrogen-bond donors (Lipinski definition) is 1. The first-order chi connectivity index (χ1) is 8.09. The predicted molar refractivity (Wildman–Crippen MR) is 60.1 cm³/mol. The molecule has 2 saturated carbocycles. The van der Waals surface area contributed by atoms with Gasteiger partial charge in [0.15, 0.2) is 11.6 Å². The first-order valence-electron chi connectivity index (χ1n) is 6.31. The van der Waals surface area contributed by atoms with Crippen molar-refractivity contribution in [3.63, 3.8) is 0 Å². The van der Waals surface area contributed by atoms with E-state index in [1.807, 2.05) is 0 Å². The van der Waals surface area contributed by atoms with Gasteiger partial charge in [0, 0.05) is 12.8 Å². The van der Waals surface area contributed by atoms with Gasteiger partial charge in [-0.15, -0.1) is 0 Å². The second-order valence-corrected chi connectivity index (χ2v) is 5.87. The van der Waals surface area contributed by atoms with Crippen molar-refractivity contribution in [1.82, 2.24) is 0 Å². The molecule has 0 aliphatic heterocycles. The van der Waals surface area contributed by atoms with Crippen LogP contribution in [-0.4, -0.2) is 22.3 Å². The van der Waals surface area contributed by atoms with Crippen LogP contribution in [0.2, 0.25) is 0 Å². The molecule has 4 aliphatic rings. The summed E-state index contributed by atoms with van der Waals surface area (Å²) in [6, 6.07) is 0. The fourth-order valence-corrected chi connectivity index (χ4v) is 4.43. The fraction of sp³-hybridized carbons (Fsp3) is 0.571. The molecule has 17 heavy (non-hydrogen) atoms. The van der Waals surface area contributed by atoms with Crippen LogP contribution in [0.5, 0.6) is 0 Å². The van der Waals surface area contributed by atoms with Crippen molar-refractivity contribution in [2.24, 2.45) is 17.8 Å². The van der Waals surface area contributed by atoms with Crippen LogP contribution in [-0.2, 0) is 9.59 Å². The molecule has 0 radical (unpaired) electrons. The Morgan fingerprint density at radius 1 is 1.00 bits per heavy atom. The standard InChI is InChI=1S/C14H14O3/c15-10-3-7-1-9-2-8-4-11(16)6-13(8)14(9,17)12(7)5-10/h5-9,17H,1-4H2. The molecule has 2 fully saturated rings. The quantitative estimate of drug-likeness (QED) is 0.679. The third-order valence-corrected chi connectivity index (χ3v) is 5.02. The summed E-state index contributed by atoms with van der Waals surface area (Å²) in [5, 5.41) is 11.0.